The Kier molecular flexibility index (Phi) is 4.38. The van der Waals surface area contributed by atoms with Crippen molar-refractivity contribution in [2.24, 2.45) is 0 Å². The van der Waals surface area contributed by atoms with Crippen LogP contribution < -0.4 is 5.32 Å². The molecule has 24 heavy (non-hydrogen) atoms. The summed E-state index contributed by atoms with van der Waals surface area (Å²) < 4.78 is 0. The molecule has 1 saturated heterocycles. The summed E-state index contributed by atoms with van der Waals surface area (Å²) in [5, 5.41) is 3.38. The number of hydrogen-bond donors (Lipinski definition) is 2. The standard InChI is InChI=1S/C18H21N3O3/c1-3-21(14-9-15(22)20-18(14)24)16(23)8-7-12-10-19-17-11(2)5-4-6-13(12)17/h4-6,10,14,19H,3,7-9H2,1-2H3,(H,20,22,24). The summed E-state index contributed by atoms with van der Waals surface area (Å²) in [5.74, 6) is -0.796. The minimum Gasteiger partial charge on any atom is -0.361 e. The van der Waals surface area contributed by atoms with Crippen LogP contribution in [-0.4, -0.2) is 40.2 Å². The number of nitrogens with one attached hydrogen (secondary N) is 2. The molecule has 2 heterocycles. The molecule has 0 radical (unpaired) electrons. The van der Waals surface area contributed by atoms with Crippen molar-refractivity contribution in [3.05, 3.63) is 35.5 Å². The van der Waals surface area contributed by atoms with Gasteiger partial charge in [-0.3, -0.25) is 19.7 Å². The van der Waals surface area contributed by atoms with Crippen molar-refractivity contribution in [3.8, 4) is 0 Å². The number of aryl methyl sites for hydroxylation is 2. The van der Waals surface area contributed by atoms with Gasteiger partial charge in [-0.15, -0.1) is 0 Å². The molecule has 1 aliphatic rings. The number of amides is 3. The Balaban J connectivity index is 1.70. The lowest BCUT2D eigenvalue weighted by Crippen LogP contribution is -2.44. The van der Waals surface area contributed by atoms with E-state index in [0.29, 0.717) is 19.4 Å². The molecular weight excluding hydrogens is 306 g/mol. The molecule has 3 rings (SSSR count). The fraction of sp³-hybridized carbons (Fsp3) is 0.389. The van der Waals surface area contributed by atoms with Crippen molar-refractivity contribution < 1.29 is 14.4 Å². The van der Waals surface area contributed by atoms with Crippen LogP contribution in [0.1, 0.15) is 30.9 Å². The van der Waals surface area contributed by atoms with E-state index in [1.54, 1.807) is 0 Å². The van der Waals surface area contributed by atoms with Gasteiger partial charge in [-0.05, 0) is 31.4 Å². The molecule has 3 amide bonds. The second-order valence-corrected chi connectivity index (χ2v) is 6.12. The van der Waals surface area contributed by atoms with Crippen LogP contribution in [0.2, 0.25) is 0 Å². The van der Waals surface area contributed by atoms with Crippen LogP contribution >= 0.6 is 0 Å². The number of carbonyl (C=O) groups is 3. The average molecular weight is 327 g/mol. The number of hydrogen-bond acceptors (Lipinski definition) is 3. The number of imide groups is 1. The number of fused-ring (bicyclic) bond motifs is 1. The summed E-state index contributed by atoms with van der Waals surface area (Å²) in [7, 11) is 0. The molecule has 1 fully saturated rings. The molecule has 1 aliphatic heterocycles. The van der Waals surface area contributed by atoms with Crippen LogP contribution in [0.4, 0.5) is 0 Å². The van der Waals surface area contributed by atoms with Crippen molar-refractivity contribution >= 4 is 28.6 Å². The number of likely N-dealkylation sites (N-methyl/N-ethyl adjacent to an activating group) is 1. The van der Waals surface area contributed by atoms with E-state index in [1.165, 1.54) is 10.5 Å². The largest absolute Gasteiger partial charge is 0.361 e. The van der Waals surface area contributed by atoms with Gasteiger partial charge in [0.1, 0.15) is 6.04 Å². The lowest BCUT2D eigenvalue weighted by Gasteiger charge is -2.25. The molecule has 1 unspecified atom stereocenters. The molecule has 126 valence electrons. The summed E-state index contributed by atoms with van der Waals surface area (Å²) in [5.41, 5.74) is 3.35. The predicted octanol–water partition coefficient (Wildman–Crippen LogP) is 1.67. The highest BCUT2D eigenvalue weighted by molar-refractivity contribution is 6.06. The van der Waals surface area contributed by atoms with E-state index in [0.717, 1.165) is 16.5 Å². The average Bonchev–Trinajstić information content (AvgIpc) is 3.10. The molecule has 1 aromatic heterocycles. The molecule has 0 bridgehead atoms. The summed E-state index contributed by atoms with van der Waals surface area (Å²) in [6, 6.07) is 5.42. The van der Waals surface area contributed by atoms with Gasteiger partial charge in [0.25, 0.3) is 0 Å². The smallest absolute Gasteiger partial charge is 0.249 e. The van der Waals surface area contributed by atoms with Gasteiger partial charge in [-0.2, -0.15) is 0 Å². The zero-order chi connectivity index (χ0) is 17.3. The van der Waals surface area contributed by atoms with E-state index < -0.39 is 6.04 Å². The molecule has 2 N–H and O–H groups in total. The van der Waals surface area contributed by atoms with Gasteiger partial charge in [0.2, 0.25) is 17.7 Å². The quantitative estimate of drug-likeness (QED) is 0.820. The van der Waals surface area contributed by atoms with Crippen LogP contribution in [-0.2, 0) is 20.8 Å². The number of aromatic nitrogens is 1. The first-order valence-corrected chi connectivity index (χ1v) is 8.20. The fourth-order valence-corrected chi connectivity index (χ4v) is 3.32. The summed E-state index contributed by atoms with van der Waals surface area (Å²) in [4.78, 5) is 40.5. The highest BCUT2D eigenvalue weighted by Crippen LogP contribution is 2.23. The Labute approximate surface area is 140 Å². The first kappa shape index (κ1) is 16.2. The molecular formula is C18H21N3O3. The predicted molar refractivity (Wildman–Crippen MR) is 90.3 cm³/mol. The maximum Gasteiger partial charge on any atom is 0.249 e. The molecule has 0 spiro atoms. The third kappa shape index (κ3) is 2.91. The highest BCUT2D eigenvalue weighted by atomic mass is 16.2. The molecule has 1 aromatic carbocycles. The van der Waals surface area contributed by atoms with Crippen molar-refractivity contribution in [2.45, 2.75) is 39.2 Å². The Hall–Kier alpha value is -2.63. The number of H-pyrrole nitrogens is 1. The van der Waals surface area contributed by atoms with Crippen molar-refractivity contribution in [3.63, 3.8) is 0 Å². The SMILES string of the molecule is CCN(C(=O)CCc1c[nH]c2c(C)cccc12)C1CC(=O)NC1=O. The van der Waals surface area contributed by atoms with Gasteiger partial charge in [0, 0.05) is 30.1 Å². The second kappa shape index (κ2) is 6.47. The first-order valence-electron chi connectivity index (χ1n) is 8.20. The minimum atomic E-state index is -0.666. The van der Waals surface area contributed by atoms with Gasteiger partial charge in [0.05, 0.1) is 6.42 Å². The van der Waals surface area contributed by atoms with Crippen molar-refractivity contribution in [1.29, 1.82) is 0 Å². The normalized spacial score (nSPS) is 17.3. The van der Waals surface area contributed by atoms with Crippen molar-refractivity contribution in [2.75, 3.05) is 6.54 Å². The van der Waals surface area contributed by atoms with E-state index in [1.807, 2.05) is 38.2 Å². The van der Waals surface area contributed by atoms with Crippen LogP contribution in [0.15, 0.2) is 24.4 Å². The Bertz CT molecular complexity index is 809. The summed E-state index contributed by atoms with van der Waals surface area (Å²) in [6.45, 7) is 4.28. The number of para-hydroxylation sites is 1. The summed E-state index contributed by atoms with van der Waals surface area (Å²) >= 11 is 0. The third-order valence-corrected chi connectivity index (χ3v) is 4.60. The van der Waals surface area contributed by atoms with Gasteiger partial charge < -0.3 is 9.88 Å². The Morgan fingerprint density at radius 3 is 2.79 bits per heavy atom. The molecule has 0 aliphatic carbocycles. The van der Waals surface area contributed by atoms with Gasteiger partial charge in [-0.25, -0.2) is 0 Å². The van der Waals surface area contributed by atoms with E-state index in [-0.39, 0.29) is 24.1 Å². The Morgan fingerprint density at radius 2 is 2.12 bits per heavy atom. The van der Waals surface area contributed by atoms with Crippen LogP contribution in [0.5, 0.6) is 0 Å². The second-order valence-electron chi connectivity index (χ2n) is 6.12. The fourth-order valence-electron chi connectivity index (χ4n) is 3.32. The zero-order valence-corrected chi connectivity index (χ0v) is 13.9. The maximum absolute atomic E-state index is 12.5. The monoisotopic (exact) mass is 327 g/mol. The summed E-state index contributed by atoms with van der Waals surface area (Å²) in [6.07, 6.45) is 2.91. The lowest BCUT2D eigenvalue weighted by molar-refractivity contribution is -0.138. The van der Waals surface area contributed by atoms with E-state index >= 15 is 0 Å². The number of aromatic amines is 1. The minimum absolute atomic E-state index is 0.0602. The topological polar surface area (TPSA) is 82.3 Å². The molecule has 6 nitrogen and oxygen atoms in total. The number of rotatable bonds is 5. The number of nitrogens with zero attached hydrogens (tertiary/aromatic N) is 1. The van der Waals surface area contributed by atoms with Gasteiger partial charge in [0.15, 0.2) is 0 Å². The zero-order valence-electron chi connectivity index (χ0n) is 13.9. The van der Waals surface area contributed by atoms with Crippen LogP contribution in [0.25, 0.3) is 10.9 Å². The Morgan fingerprint density at radius 1 is 1.33 bits per heavy atom. The third-order valence-electron chi connectivity index (χ3n) is 4.60. The van der Waals surface area contributed by atoms with E-state index in [2.05, 4.69) is 10.3 Å². The first-order chi connectivity index (χ1) is 11.5. The van der Waals surface area contributed by atoms with Crippen molar-refractivity contribution in [1.82, 2.24) is 15.2 Å². The molecule has 6 heteroatoms. The number of benzene rings is 1. The van der Waals surface area contributed by atoms with Gasteiger partial charge in [-0.1, -0.05) is 18.2 Å². The van der Waals surface area contributed by atoms with E-state index in [4.69, 9.17) is 0 Å². The van der Waals surface area contributed by atoms with Crippen LogP contribution in [0, 0.1) is 6.92 Å². The van der Waals surface area contributed by atoms with Crippen LogP contribution in [0.3, 0.4) is 0 Å². The lowest BCUT2D eigenvalue weighted by atomic mass is 10.1. The highest BCUT2D eigenvalue weighted by Gasteiger charge is 2.36. The molecule has 1 atom stereocenters. The van der Waals surface area contributed by atoms with E-state index in [9.17, 15) is 14.4 Å². The number of carbonyl (C=O) groups excluding carboxylic acids is 3. The molecule has 0 saturated carbocycles. The van der Waals surface area contributed by atoms with Gasteiger partial charge >= 0.3 is 0 Å². The maximum atomic E-state index is 12.5. The molecule has 2 aromatic rings.